The molecule has 0 aromatic carbocycles. The summed E-state index contributed by atoms with van der Waals surface area (Å²) >= 11 is 0. The van der Waals surface area contributed by atoms with Crippen LogP contribution in [0, 0.1) is 18.3 Å². The van der Waals surface area contributed by atoms with Gasteiger partial charge in [-0.1, -0.05) is 0 Å². The van der Waals surface area contributed by atoms with E-state index in [2.05, 4.69) is 9.72 Å². The lowest BCUT2D eigenvalue weighted by Gasteiger charge is -2.14. The lowest BCUT2D eigenvalue weighted by atomic mass is 10.0. The number of pyridine rings is 1. The highest BCUT2D eigenvalue weighted by atomic mass is 19.4. The second-order valence-electron chi connectivity index (χ2n) is 3.18. The van der Waals surface area contributed by atoms with Crippen molar-refractivity contribution in [1.82, 2.24) is 4.98 Å². The summed E-state index contributed by atoms with van der Waals surface area (Å²) in [6.07, 6.45) is -4.42. The fraction of sp³-hybridized carbons (Fsp3) is 0.400. The summed E-state index contributed by atoms with van der Waals surface area (Å²) in [5.41, 5.74) is 0.0976. The molecule has 0 atom stereocenters. The molecule has 0 radical (unpaired) electrons. The van der Waals surface area contributed by atoms with Crippen LogP contribution in [0.15, 0.2) is 6.20 Å². The average Bonchev–Trinajstić information content (AvgIpc) is 2.21. The zero-order chi connectivity index (χ0) is 13.1. The van der Waals surface area contributed by atoms with Crippen LogP contribution in [0.1, 0.15) is 16.8 Å². The summed E-state index contributed by atoms with van der Waals surface area (Å²) in [5.74, 6) is -0.627. The fourth-order valence-corrected chi connectivity index (χ4v) is 1.34. The van der Waals surface area contributed by atoms with Crippen LogP contribution in [0.3, 0.4) is 0 Å². The average molecular weight is 248 g/mol. The fourth-order valence-electron chi connectivity index (χ4n) is 1.34. The second kappa shape index (κ2) is 4.99. The van der Waals surface area contributed by atoms with Crippen molar-refractivity contribution < 1.29 is 22.3 Å². The molecule has 92 valence electrons. The van der Waals surface area contributed by atoms with Crippen molar-refractivity contribution in [2.24, 2.45) is 0 Å². The molecule has 0 saturated carbocycles. The Morgan fingerprint density at radius 2 is 2.06 bits per heavy atom. The normalized spacial score (nSPS) is 11.1. The molecular formula is C10H8F4N2O. The van der Waals surface area contributed by atoms with Gasteiger partial charge in [0.05, 0.1) is 18.7 Å². The number of halogens is 4. The zero-order valence-electron chi connectivity index (χ0n) is 8.81. The van der Waals surface area contributed by atoms with Crippen LogP contribution < -0.4 is 4.74 Å². The maximum atomic E-state index is 12.7. The van der Waals surface area contributed by atoms with Gasteiger partial charge in [-0.05, 0) is 6.92 Å². The van der Waals surface area contributed by atoms with Gasteiger partial charge in [0.15, 0.2) is 5.75 Å². The molecule has 0 fully saturated rings. The monoisotopic (exact) mass is 248 g/mol. The van der Waals surface area contributed by atoms with Gasteiger partial charge < -0.3 is 4.74 Å². The van der Waals surface area contributed by atoms with E-state index in [1.165, 1.54) is 6.92 Å². The molecule has 0 spiro atoms. The van der Waals surface area contributed by atoms with Crippen molar-refractivity contribution >= 4 is 0 Å². The van der Waals surface area contributed by atoms with Crippen LogP contribution in [-0.4, -0.2) is 11.3 Å². The molecule has 0 bridgehead atoms. The second-order valence-corrected chi connectivity index (χ2v) is 3.18. The molecule has 3 nitrogen and oxygen atoms in total. The Kier molecular flexibility index (Phi) is 3.89. The Labute approximate surface area is 94.6 Å². The minimum atomic E-state index is -4.89. The number of aromatic nitrogens is 1. The smallest absolute Gasteiger partial charge is 0.404 e. The molecule has 0 aliphatic heterocycles. The molecule has 0 aliphatic rings. The first-order valence-electron chi connectivity index (χ1n) is 4.55. The highest BCUT2D eigenvalue weighted by Crippen LogP contribution is 2.29. The van der Waals surface area contributed by atoms with Crippen molar-refractivity contribution in [1.29, 1.82) is 5.26 Å². The number of nitriles is 1. The summed E-state index contributed by atoms with van der Waals surface area (Å²) in [5, 5.41) is 8.52. The zero-order valence-corrected chi connectivity index (χ0v) is 8.81. The van der Waals surface area contributed by atoms with Crippen molar-refractivity contribution in [3.63, 3.8) is 0 Å². The van der Waals surface area contributed by atoms with E-state index in [-0.39, 0.29) is 23.2 Å². The number of nitrogens with zero attached hydrogens (tertiary/aromatic N) is 2. The van der Waals surface area contributed by atoms with Crippen LogP contribution in [0.4, 0.5) is 17.6 Å². The quantitative estimate of drug-likeness (QED) is 0.772. The summed E-state index contributed by atoms with van der Waals surface area (Å²) in [6.45, 7) is 0.456. The first-order valence-corrected chi connectivity index (χ1v) is 4.55. The van der Waals surface area contributed by atoms with E-state index in [1.807, 2.05) is 0 Å². The first-order chi connectivity index (χ1) is 7.89. The Balaban J connectivity index is 3.26. The molecule has 1 heterocycles. The lowest BCUT2D eigenvalue weighted by molar-refractivity contribution is -0.275. The van der Waals surface area contributed by atoms with Gasteiger partial charge >= 0.3 is 6.36 Å². The van der Waals surface area contributed by atoms with Gasteiger partial charge in [-0.3, -0.25) is 4.98 Å². The highest BCUT2D eigenvalue weighted by molar-refractivity contribution is 5.42. The van der Waals surface area contributed by atoms with Crippen LogP contribution >= 0.6 is 0 Å². The molecule has 1 rings (SSSR count). The van der Waals surface area contributed by atoms with Crippen LogP contribution in [0.5, 0.6) is 5.75 Å². The minimum Gasteiger partial charge on any atom is -0.404 e. The SMILES string of the molecule is Cc1ncc(OC(F)(F)F)c(CC#N)c1CF. The number of ether oxygens (including phenoxy) is 1. The van der Waals surface area contributed by atoms with E-state index >= 15 is 0 Å². The Morgan fingerprint density at radius 3 is 2.53 bits per heavy atom. The van der Waals surface area contributed by atoms with E-state index < -0.39 is 18.8 Å². The van der Waals surface area contributed by atoms with E-state index in [0.717, 1.165) is 6.20 Å². The molecule has 0 N–H and O–H groups in total. The van der Waals surface area contributed by atoms with Crippen molar-refractivity contribution in [2.75, 3.05) is 0 Å². The highest BCUT2D eigenvalue weighted by Gasteiger charge is 2.33. The van der Waals surface area contributed by atoms with Gasteiger partial charge in [0, 0.05) is 16.8 Å². The third-order valence-electron chi connectivity index (χ3n) is 2.09. The molecule has 7 heteroatoms. The van der Waals surface area contributed by atoms with E-state index in [4.69, 9.17) is 5.26 Å². The molecule has 0 unspecified atom stereocenters. The molecule has 17 heavy (non-hydrogen) atoms. The van der Waals surface area contributed by atoms with E-state index in [0.29, 0.717) is 0 Å². The Bertz CT molecular complexity index is 451. The number of aryl methyl sites for hydroxylation is 1. The molecular weight excluding hydrogens is 240 g/mol. The third kappa shape index (κ3) is 3.31. The van der Waals surface area contributed by atoms with E-state index in [1.54, 1.807) is 6.07 Å². The molecule has 1 aromatic heterocycles. The van der Waals surface area contributed by atoms with Crippen molar-refractivity contribution in [3.05, 3.63) is 23.0 Å². The van der Waals surface area contributed by atoms with Gasteiger partial charge in [-0.15, -0.1) is 13.2 Å². The maximum Gasteiger partial charge on any atom is 0.573 e. The predicted molar refractivity (Wildman–Crippen MR) is 49.8 cm³/mol. The van der Waals surface area contributed by atoms with Gasteiger partial charge in [-0.2, -0.15) is 5.26 Å². The number of rotatable bonds is 3. The van der Waals surface area contributed by atoms with Gasteiger partial charge in [-0.25, -0.2) is 4.39 Å². The van der Waals surface area contributed by atoms with Crippen LogP contribution in [0.25, 0.3) is 0 Å². The summed E-state index contributed by atoms with van der Waals surface area (Å²) in [7, 11) is 0. The number of hydrogen-bond acceptors (Lipinski definition) is 3. The summed E-state index contributed by atoms with van der Waals surface area (Å²) in [4.78, 5) is 3.60. The lowest BCUT2D eigenvalue weighted by Crippen LogP contribution is -2.19. The Morgan fingerprint density at radius 1 is 1.41 bits per heavy atom. The van der Waals surface area contributed by atoms with Crippen LogP contribution in [0.2, 0.25) is 0 Å². The maximum absolute atomic E-state index is 12.7. The standard InChI is InChI=1S/C10H8F4N2O/c1-6-8(4-11)7(2-3-15)9(5-16-6)17-10(12,13)14/h5H,2,4H2,1H3. The third-order valence-corrected chi connectivity index (χ3v) is 2.09. The largest absolute Gasteiger partial charge is 0.573 e. The summed E-state index contributed by atoms with van der Waals surface area (Å²) < 4.78 is 52.6. The van der Waals surface area contributed by atoms with Crippen molar-refractivity contribution in [2.45, 2.75) is 26.4 Å². The predicted octanol–water partition coefficient (Wildman–Crippen LogP) is 2.82. The van der Waals surface area contributed by atoms with Gasteiger partial charge in [0.1, 0.15) is 6.67 Å². The van der Waals surface area contributed by atoms with Crippen molar-refractivity contribution in [3.8, 4) is 11.8 Å². The van der Waals surface area contributed by atoms with E-state index in [9.17, 15) is 17.6 Å². The Hall–Kier alpha value is -1.84. The molecule has 0 saturated heterocycles. The molecule has 0 amide bonds. The number of alkyl halides is 4. The van der Waals surface area contributed by atoms with Gasteiger partial charge in [0.2, 0.25) is 0 Å². The minimum absolute atomic E-state index is 0.0340. The summed E-state index contributed by atoms with van der Waals surface area (Å²) in [6, 6.07) is 1.67. The molecule has 0 aliphatic carbocycles. The first kappa shape index (κ1) is 13.2. The molecule has 1 aromatic rings. The number of hydrogen-bond donors (Lipinski definition) is 0. The topological polar surface area (TPSA) is 45.9 Å². The van der Waals surface area contributed by atoms with Crippen LogP contribution in [-0.2, 0) is 13.1 Å². The van der Waals surface area contributed by atoms with Gasteiger partial charge in [0.25, 0.3) is 0 Å².